The van der Waals surface area contributed by atoms with Gasteiger partial charge >= 0.3 is 0 Å². The van der Waals surface area contributed by atoms with E-state index >= 15 is 0 Å². The molecule has 1 aliphatic rings. The first-order chi connectivity index (χ1) is 16.2. The number of aryl methyl sites for hydroxylation is 2. The van der Waals surface area contributed by atoms with E-state index in [-0.39, 0.29) is 0 Å². The summed E-state index contributed by atoms with van der Waals surface area (Å²) in [5, 5.41) is 0. The third kappa shape index (κ3) is 8.76. The summed E-state index contributed by atoms with van der Waals surface area (Å²) >= 11 is 0. The van der Waals surface area contributed by atoms with E-state index in [1.54, 1.807) is 0 Å². The number of hydrogen-bond donors (Lipinski definition) is 0. The Morgan fingerprint density at radius 3 is 2.12 bits per heavy atom. The molecule has 0 atom stereocenters. The number of ether oxygens (including phenoxy) is 1. The second-order valence-electron chi connectivity index (χ2n) is 10.2. The zero-order valence-electron chi connectivity index (χ0n) is 21.5. The molecule has 1 aliphatic carbocycles. The molecule has 0 saturated heterocycles. The van der Waals surface area contributed by atoms with Crippen molar-refractivity contribution in [3.63, 3.8) is 0 Å². The molecule has 0 unspecified atom stereocenters. The molecule has 0 N–H and O–H groups in total. The maximum Gasteiger partial charge on any atom is 0.128 e. The molecule has 3 nitrogen and oxygen atoms in total. The van der Waals surface area contributed by atoms with Crippen molar-refractivity contribution in [1.82, 2.24) is 9.97 Å². The molecule has 0 amide bonds. The number of rotatable bonds is 14. The summed E-state index contributed by atoms with van der Waals surface area (Å²) in [7, 11) is 0. The quantitative estimate of drug-likeness (QED) is 0.270. The average Bonchev–Trinajstić information content (AvgIpc) is 2.84. The van der Waals surface area contributed by atoms with Crippen molar-refractivity contribution in [2.45, 2.75) is 111 Å². The molecule has 2 aromatic rings. The fraction of sp³-hybridized carbons (Fsp3) is 0.667. The van der Waals surface area contributed by atoms with Crippen LogP contribution in [0.1, 0.15) is 109 Å². The summed E-state index contributed by atoms with van der Waals surface area (Å²) in [4.78, 5) is 9.26. The molecule has 33 heavy (non-hydrogen) atoms. The highest BCUT2D eigenvalue weighted by atomic mass is 16.5. The Morgan fingerprint density at radius 1 is 0.788 bits per heavy atom. The van der Waals surface area contributed by atoms with Gasteiger partial charge in [0.05, 0.1) is 6.61 Å². The van der Waals surface area contributed by atoms with E-state index in [0.717, 1.165) is 42.0 Å². The second-order valence-corrected chi connectivity index (χ2v) is 10.2. The molecule has 0 spiro atoms. The predicted octanol–water partition coefficient (Wildman–Crippen LogP) is 8.73. The van der Waals surface area contributed by atoms with Crippen molar-refractivity contribution in [1.29, 1.82) is 0 Å². The predicted molar refractivity (Wildman–Crippen MR) is 140 cm³/mol. The normalized spacial score (nSPS) is 18.4. The van der Waals surface area contributed by atoms with Gasteiger partial charge in [-0.25, -0.2) is 9.97 Å². The van der Waals surface area contributed by atoms with Crippen LogP contribution in [0, 0.1) is 18.8 Å². The van der Waals surface area contributed by atoms with Crippen LogP contribution in [0.25, 0.3) is 11.1 Å². The molecule has 3 rings (SSSR count). The summed E-state index contributed by atoms with van der Waals surface area (Å²) in [6.45, 7) is 7.58. The van der Waals surface area contributed by atoms with Crippen LogP contribution >= 0.6 is 0 Å². The van der Waals surface area contributed by atoms with Crippen LogP contribution in [-0.2, 0) is 6.42 Å². The summed E-state index contributed by atoms with van der Waals surface area (Å²) in [5.41, 5.74) is 3.45. The van der Waals surface area contributed by atoms with Crippen LogP contribution in [-0.4, -0.2) is 16.6 Å². The molecule has 3 heteroatoms. The maximum absolute atomic E-state index is 6.24. The van der Waals surface area contributed by atoms with Crippen molar-refractivity contribution < 1.29 is 4.74 Å². The lowest BCUT2D eigenvalue weighted by molar-refractivity contribution is 0.178. The Morgan fingerprint density at radius 2 is 1.45 bits per heavy atom. The van der Waals surface area contributed by atoms with E-state index in [0.29, 0.717) is 0 Å². The van der Waals surface area contributed by atoms with Gasteiger partial charge in [0.1, 0.15) is 11.6 Å². The highest BCUT2D eigenvalue weighted by Crippen LogP contribution is 2.32. The fourth-order valence-corrected chi connectivity index (χ4v) is 5.17. The zero-order valence-corrected chi connectivity index (χ0v) is 21.5. The van der Waals surface area contributed by atoms with E-state index in [2.05, 4.69) is 48.9 Å². The van der Waals surface area contributed by atoms with Crippen molar-refractivity contribution in [2.24, 2.45) is 11.8 Å². The van der Waals surface area contributed by atoms with E-state index in [1.165, 1.54) is 94.6 Å². The molecule has 1 fully saturated rings. The smallest absolute Gasteiger partial charge is 0.128 e. The lowest BCUT2D eigenvalue weighted by atomic mass is 9.80. The topological polar surface area (TPSA) is 35.0 Å². The molecule has 182 valence electrons. The molecular weight excluding hydrogens is 404 g/mol. The summed E-state index contributed by atoms with van der Waals surface area (Å²) < 4.78 is 6.24. The highest BCUT2D eigenvalue weighted by molar-refractivity contribution is 5.64. The van der Waals surface area contributed by atoms with E-state index in [9.17, 15) is 0 Å². The van der Waals surface area contributed by atoms with Crippen molar-refractivity contribution in [2.75, 3.05) is 6.61 Å². The van der Waals surface area contributed by atoms with Gasteiger partial charge in [-0.1, -0.05) is 84.1 Å². The third-order valence-corrected chi connectivity index (χ3v) is 7.36. The molecule has 1 aromatic carbocycles. The Hall–Kier alpha value is -1.90. The monoisotopic (exact) mass is 450 g/mol. The molecule has 0 bridgehead atoms. The zero-order chi connectivity index (χ0) is 23.3. The minimum Gasteiger partial charge on any atom is -0.493 e. The van der Waals surface area contributed by atoms with Crippen LogP contribution < -0.4 is 4.74 Å². The van der Waals surface area contributed by atoms with Crippen LogP contribution in [0.5, 0.6) is 5.75 Å². The van der Waals surface area contributed by atoms with Crippen molar-refractivity contribution in [3.8, 4) is 16.9 Å². The van der Waals surface area contributed by atoms with Crippen molar-refractivity contribution >= 4 is 0 Å². The van der Waals surface area contributed by atoms with Crippen molar-refractivity contribution in [3.05, 3.63) is 42.0 Å². The Balaban J connectivity index is 1.42. The van der Waals surface area contributed by atoms with E-state index in [4.69, 9.17) is 4.74 Å². The third-order valence-electron chi connectivity index (χ3n) is 7.36. The number of aromatic nitrogens is 2. The van der Waals surface area contributed by atoms with Crippen LogP contribution in [0.15, 0.2) is 30.6 Å². The Kier molecular flexibility index (Phi) is 11.2. The largest absolute Gasteiger partial charge is 0.493 e. The molecule has 0 radical (unpaired) electrons. The number of nitrogens with zero attached hydrogens (tertiary/aromatic N) is 2. The number of unbranched alkanes of at least 4 members (excludes halogenated alkanes) is 6. The fourth-order valence-electron chi connectivity index (χ4n) is 5.17. The SMILES string of the molecule is CCCCCCCCCc1ncc(-c2ccc(OC[C@H]3CC[C@H](CCC)CC3)c(C)c2)cn1. The molecular formula is C30H46N2O. The summed E-state index contributed by atoms with van der Waals surface area (Å²) in [6.07, 6.45) is 22.3. The first-order valence-corrected chi connectivity index (χ1v) is 13.7. The Labute approximate surface area is 202 Å². The van der Waals surface area contributed by atoms with Gasteiger partial charge in [0.2, 0.25) is 0 Å². The van der Waals surface area contributed by atoms with Crippen LogP contribution in [0.4, 0.5) is 0 Å². The van der Waals surface area contributed by atoms with Gasteiger partial charge in [-0.3, -0.25) is 0 Å². The first-order valence-electron chi connectivity index (χ1n) is 13.7. The van der Waals surface area contributed by atoms with Crippen LogP contribution in [0.2, 0.25) is 0 Å². The van der Waals surface area contributed by atoms with Gasteiger partial charge in [0, 0.05) is 24.4 Å². The van der Waals surface area contributed by atoms with Gasteiger partial charge in [-0.2, -0.15) is 0 Å². The van der Waals surface area contributed by atoms with E-state index in [1.807, 2.05) is 12.4 Å². The van der Waals surface area contributed by atoms with Gasteiger partial charge in [0.15, 0.2) is 0 Å². The first kappa shape index (κ1) is 25.7. The average molecular weight is 451 g/mol. The minimum absolute atomic E-state index is 0.717. The number of benzene rings is 1. The number of hydrogen-bond acceptors (Lipinski definition) is 3. The maximum atomic E-state index is 6.24. The second kappa shape index (κ2) is 14.4. The minimum atomic E-state index is 0.717. The molecule has 1 heterocycles. The molecule has 1 aromatic heterocycles. The summed E-state index contributed by atoms with van der Waals surface area (Å²) in [6, 6.07) is 6.48. The standard InChI is InChI=1S/C30H46N2O/c1-4-6-7-8-9-10-11-13-30-31-21-28(22-32-30)27-18-19-29(24(3)20-27)33-23-26-16-14-25(12-5-2)15-17-26/h18-22,25-26H,4-17,23H2,1-3H3/t25-,26-. The van der Waals surface area contributed by atoms with E-state index < -0.39 is 0 Å². The van der Waals surface area contributed by atoms with Gasteiger partial charge in [-0.15, -0.1) is 0 Å². The van der Waals surface area contributed by atoms with Gasteiger partial charge < -0.3 is 4.74 Å². The van der Waals surface area contributed by atoms with Crippen LogP contribution in [0.3, 0.4) is 0 Å². The Bertz CT molecular complexity index is 793. The molecule has 0 aliphatic heterocycles. The highest BCUT2D eigenvalue weighted by Gasteiger charge is 2.21. The van der Waals surface area contributed by atoms with Gasteiger partial charge in [-0.05, 0) is 61.3 Å². The lowest BCUT2D eigenvalue weighted by Gasteiger charge is -2.28. The lowest BCUT2D eigenvalue weighted by Crippen LogP contribution is -2.20. The summed E-state index contributed by atoms with van der Waals surface area (Å²) in [5.74, 6) is 3.66. The molecule has 1 saturated carbocycles. The van der Waals surface area contributed by atoms with Gasteiger partial charge in [0.25, 0.3) is 0 Å².